The molecule has 1 heterocycles. The zero-order valence-electron chi connectivity index (χ0n) is 14.7. The van der Waals surface area contributed by atoms with Gasteiger partial charge in [-0.15, -0.1) is 10.2 Å². The van der Waals surface area contributed by atoms with Gasteiger partial charge >= 0.3 is 6.18 Å². The average molecular weight is 461 g/mol. The van der Waals surface area contributed by atoms with Gasteiger partial charge in [0.25, 0.3) is 0 Å². The van der Waals surface area contributed by atoms with Gasteiger partial charge in [-0.1, -0.05) is 11.6 Å². The summed E-state index contributed by atoms with van der Waals surface area (Å²) in [7, 11) is 0. The van der Waals surface area contributed by atoms with Crippen molar-refractivity contribution in [2.45, 2.75) is 6.18 Å². The van der Waals surface area contributed by atoms with Gasteiger partial charge in [-0.25, -0.2) is 13.2 Å². The van der Waals surface area contributed by atoms with E-state index in [1.807, 2.05) is 0 Å². The predicted octanol–water partition coefficient (Wildman–Crippen LogP) is 5.06. The van der Waals surface area contributed by atoms with Crippen LogP contribution in [0.25, 0.3) is 5.57 Å². The van der Waals surface area contributed by atoms with E-state index in [9.17, 15) is 26.3 Å². The molecule has 7 nitrogen and oxygen atoms in total. The lowest BCUT2D eigenvalue weighted by molar-refractivity contribution is -0.138. The van der Waals surface area contributed by atoms with Crippen LogP contribution in [0.15, 0.2) is 30.5 Å². The molecule has 0 atom stereocenters. The van der Waals surface area contributed by atoms with Crippen LogP contribution in [-0.2, 0) is 6.18 Å². The Morgan fingerprint density at radius 3 is 2.35 bits per heavy atom. The summed E-state index contributed by atoms with van der Waals surface area (Å²) in [5.41, 5.74) is -2.05. The fourth-order valence-electron chi connectivity index (χ4n) is 2.22. The Labute approximate surface area is 173 Å². The topological polar surface area (TPSA) is 99.5 Å². The molecule has 2 N–H and O–H groups in total. The van der Waals surface area contributed by atoms with Crippen LogP contribution in [0, 0.1) is 28.8 Å². The normalized spacial score (nSPS) is 11.9. The molecule has 3 aromatic rings. The van der Waals surface area contributed by atoms with Gasteiger partial charge in [0.1, 0.15) is 23.2 Å². The highest BCUT2D eigenvalue weighted by Crippen LogP contribution is 2.38. The van der Waals surface area contributed by atoms with Crippen molar-refractivity contribution in [2.24, 2.45) is 0 Å². The van der Waals surface area contributed by atoms with Crippen LogP contribution in [0.4, 0.5) is 32.0 Å². The van der Waals surface area contributed by atoms with Crippen molar-refractivity contribution in [2.75, 3.05) is 5.32 Å². The number of hydrogen-bond acceptors (Lipinski definition) is 6. The summed E-state index contributed by atoms with van der Waals surface area (Å²) in [6.07, 6.45) is -3.96. The number of aromatic nitrogens is 4. The zero-order valence-corrected chi connectivity index (χ0v) is 15.5. The number of alkyl halides is 3. The van der Waals surface area contributed by atoms with Crippen LogP contribution in [0.1, 0.15) is 11.4 Å². The molecule has 0 bridgehead atoms. The highest BCUT2D eigenvalue weighted by Gasteiger charge is 2.33. The van der Waals surface area contributed by atoms with E-state index in [1.54, 1.807) is 6.07 Å². The van der Waals surface area contributed by atoms with E-state index in [2.05, 4.69) is 25.9 Å². The summed E-state index contributed by atoms with van der Waals surface area (Å²) >= 11 is 5.81. The maximum Gasteiger partial charge on any atom is 0.416 e. The SMILES string of the molecule is N#CC(=CNc1cc(Oc2c(F)cc(C(F)(F)F)cc2F)c(Cl)cc1F)c1nn[nH]n1. The van der Waals surface area contributed by atoms with E-state index >= 15 is 0 Å². The summed E-state index contributed by atoms with van der Waals surface area (Å²) in [6, 6.07) is 3.44. The van der Waals surface area contributed by atoms with Crippen molar-refractivity contribution in [3.05, 3.63) is 64.3 Å². The molecule has 31 heavy (non-hydrogen) atoms. The van der Waals surface area contributed by atoms with Crippen molar-refractivity contribution in [3.63, 3.8) is 0 Å². The van der Waals surface area contributed by atoms with Crippen molar-refractivity contribution >= 4 is 22.9 Å². The molecule has 2 aromatic carbocycles. The Morgan fingerprint density at radius 1 is 1.13 bits per heavy atom. The van der Waals surface area contributed by atoms with Crippen LogP contribution in [0.5, 0.6) is 11.5 Å². The minimum atomic E-state index is -4.98. The molecule has 1 aromatic heterocycles. The van der Waals surface area contributed by atoms with E-state index in [-0.39, 0.29) is 29.2 Å². The number of benzene rings is 2. The first-order valence-electron chi connectivity index (χ1n) is 7.94. The van der Waals surface area contributed by atoms with E-state index in [0.29, 0.717) is 0 Å². The van der Waals surface area contributed by atoms with E-state index in [4.69, 9.17) is 21.6 Å². The molecule has 0 aliphatic carbocycles. The monoisotopic (exact) mass is 460 g/mol. The molecular formula is C17H7ClF6N6O. The Kier molecular flexibility index (Phi) is 6.02. The Hall–Kier alpha value is -3.79. The lowest BCUT2D eigenvalue weighted by atomic mass is 10.2. The van der Waals surface area contributed by atoms with Gasteiger partial charge in [-0.2, -0.15) is 23.6 Å². The number of nitrogens with one attached hydrogen (secondary N) is 2. The first-order chi connectivity index (χ1) is 14.6. The summed E-state index contributed by atoms with van der Waals surface area (Å²) in [6.45, 7) is 0. The molecule has 0 saturated heterocycles. The molecule has 0 unspecified atom stereocenters. The van der Waals surface area contributed by atoms with Crippen LogP contribution >= 0.6 is 11.6 Å². The Balaban J connectivity index is 1.93. The minimum absolute atomic E-state index is 0.0435. The number of nitrogens with zero attached hydrogens (tertiary/aromatic N) is 4. The number of allylic oxidation sites excluding steroid dienone is 1. The number of ether oxygens (including phenoxy) is 1. The molecular weight excluding hydrogens is 454 g/mol. The van der Waals surface area contributed by atoms with Crippen molar-refractivity contribution in [1.82, 2.24) is 20.6 Å². The third-order valence-corrected chi connectivity index (χ3v) is 3.93. The molecule has 0 aliphatic rings. The van der Waals surface area contributed by atoms with E-state index in [0.717, 1.165) is 18.3 Å². The maximum absolute atomic E-state index is 14.2. The minimum Gasteiger partial charge on any atom is -0.450 e. The first-order valence-corrected chi connectivity index (χ1v) is 8.31. The highest BCUT2D eigenvalue weighted by atomic mass is 35.5. The van der Waals surface area contributed by atoms with Crippen molar-refractivity contribution in [1.29, 1.82) is 5.26 Å². The predicted molar refractivity (Wildman–Crippen MR) is 94.2 cm³/mol. The molecule has 0 fully saturated rings. The van der Waals surface area contributed by atoms with Gasteiger partial charge in [-0.05, 0) is 23.4 Å². The second-order valence-electron chi connectivity index (χ2n) is 5.68. The number of anilines is 1. The highest BCUT2D eigenvalue weighted by molar-refractivity contribution is 6.32. The summed E-state index contributed by atoms with van der Waals surface area (Å²) in [4.78, 5) is 0. The molecule has 14 heteroatoms. The zero-order chi connectivity index (χ0) is 22.8. The maximum atomic E-state index is 14.2. The standard InChI is InChI=1S/C17H7ClF6N6O/c18-9-3-10(19)13(26-6-7(5-25)16-27-29-30-28-16)4-14(9)31-15-11(20)1-8(2-12(15)21)17(22,23)24/h1-4,6,26H,(H,27,28,29,30). The molecule has 3 rings (SSSR count). The summed E-state index contributed by atoms with van der Waals surface area (Å²) in [5.74, 6) is -5.98. The Bertz CT molecular complexity index is 1170. The van der Waals surface area contributed by atoms with Gasteiger partial charge in [0.2, 0.25) is 5.82 Å². The second kappa shape index (κ2) is 8.52. The smallest absolute Gasteiger partial charge is 0.416 e. The molecule has 0 saturated carbocycles. The number of aromatic amines is 1. The van der Waals surface area contributed by atoms with E-state index < -0.39 is 45.7 Å². The molecule has 0 spiro atoms. The largest absolute Gasteiger partial charge is 0.450 e. The van der Waals surface area contributed by atoms with Gasteiger partial charge in [0.15, 0.2) is 17.4 Å². The lowest BCUT2D eigenvalue weighted by Gasteiger charge is -2.14. The fraction of sp³-hybridized carbons (Fsp3) is 0.0588. The molecule has 160 valence electrons. The van der Waals surface area contributed by atoms with Crippen LogP contribution < -0.4 is 10.1 Å². The lowest BCUT2D eigenvalue weighted by Crippen LogP contribution is -2.07. The third kappa shape index (κ3) is 4.86. The number of tetrazole rings is 1. The quantitative estimate of drug-likeness (QED) is 0.408. The number of hydrogen-bond donors (Lipinski definition) is 2. The van der Waals surface area contributed by atoms with E-state index in [1.165, 1.54) is 0 Å². The molecule has 0 aliphatic heterocycles. The van der Waals surface area contributed by atoms with Gasteiger partial charge in [0.05, 0.1) is 16.3 Å². The van der Waals surface area contributed by atoms with Crippen LogP contribution in [0.2, 0.25) is 5.02 Å². The number of H-pyrrole nitrogens is 1. The van der Waals surface area contributed by atoms with Gasteiger partial charge in [-0.3, -0.25) is 0 Å². The fourth-order valence-corrected chi connectivity index (χ4v) is 2.41. The van der Waals surface area contributed by atoms with Gasteiger partial charge in [0, 0.05) is 12.3 Å². The molecule has 0 amide bonds. The summed E-state index contributed by atoms with van der Waals surface area (Å²) in [5, 5.41) is 23.6. The Morgan fingerprint density at radius 2 is 1.81 bits per heavy atom. The number of halogens is 7. The van der Waals surface area contributed by atoms with Crippen LogP contribution in [0.3, 0.4) is 0 Å². The molecule has 0 radical (unpaired) electrons. The first kappa shape index (κ1) is 21.9. The number of rotatable bonds is 5. The number of nitriles is 1. The average Bonchev–Trinajstić information content (AvgIpc) is 3.21. The second-order valence-corrected chi connectivity index (χ2v) is 6.09. The third-order valence-electron chi connectivity index (χ3n) is 3.64. The van der Waals surface area contributed by atoms with Crippen molar-refractivity contribution in [3.8, 4) is 17.6 Å². The van der Waals surface area contributed by atoms with Crippen LogP contribution in [-0.4, -0.2) is 20.6 Å². The van der Waals surface area contributed by atoms with Gasteiger partial charge < -0.3 is 10.1 Å². The summed E-state index contributed by atoms with van der Waals surface area (Å²) < 4.78 is 85.2. The van der Waals surface area contributed by atoms with Crippen molar-refractivity contribution < 1.29 is 31.1 Å².